The fourth-order valence-corrected chi connectivity index (χ4v) is 2.06. The molecule has 1 N–H and O–H groups in total. The van der Waals surface area contributed by atoms with Crippen molar-refractivity contribution in [3.05, 3.63) is 12.7 Å². The van der Waals surface area contributed by atoms with Crippen LogP contribution in [0.4, 0.5) is 0 Å². The van der Waals surface area contributed by atoms with E-state index in [4.69, 9.17) is 0 Å². The fourth-order valence-electron chi connectivity index (χ4n) is 2.06. The first kappa shape index (κ1) is 11.7. The van der Waals surface area contributed by atoms with Crippen LogP contribution < -0.4 is 5.32 Å². The van der Waals surface area contributed by atoms with Crippen LogP contribution >= 0.6 is 0 Å². The molecule has 3 heteroatoms. The molecule has 1 rings (SSSR count). The summed E-state index contributed by atoms with van der Waals surface area (Å²) in [6.07, 6.45) is 3.27. The third-order valence-corrected chi connectivity index (χ3v) is 2.90. The van der Waals surface area contributed by atoms with Gasteiger partial charge in [-0.15, -0.1) is 6.58 Å². The zero-order valence-electron chi connectivity index (χ0n) is 9.50. The molecule has 0 aromatic carbocycles. The summed E-state index contributed by atoms with van der Waals surface area (Å²) in [6.45, 7) is 9.47. The summed E-state index contributed by atoms with van der Waals surface area (Å²) in [4.78, 5) is 4.94. The van der Waals surface area contributed by atoms with Crippen LogP contribution in [0, 0.1) is 0 Å². The minimum absolute atomic E-state index is 0.641. The largest absolute Gasteiger partial charge is 0.318 e. The van der Waals surface area contributed by atoms with Crippen molar-refractivity contribution in [2.45, 2.75) is 12.5 Å². The standard InChI is InChI=1S/C11H23N3/c1-4-6-14-8-5-7-13(3)11(10-14)9-12-2/h4,11-12H,1,5-10H2,2-3H3. The molecular formula is C11H23N3. The highest BCUT2D eigenvalue weighted by Crippen LogP contribution is 2.07. The van der Waals surface area contributed by atoms with Gasteiger partial charge in [0.15, 0.2) is 0 Å². The maximum Gasteiger partial charge on any atom is 0.0344 e. The number of rotatable bonds is 4. The van der Waals surface area contributed by atoms with Gasteiger partial charge in [0.25, 0.3) is 0 Å². The third kappa shape index (κ3) is 3.40. The summed E-state index contributed by atoms with van der Waals surface area (Å²) in [7, 11) is 4.25. The van der Waals surface area contributed by atoms with E-state index in [1.54, 1.807) is 0 Å². The Balaban J connectivity index is 2.47. The van der Waals surface area contributed by atoms with Gasteiger partial charge in [0.2, 0.25) is 0 Å². The first-order chi connectivity index (χ1) is 6.77. The van der Waals surface area contributed by atoms with E-state index in [0.29, 0.717) is 6.04 Å². The van der Waals surface area contributed by atoms with Gasteiger partial charge in [0.1, 0.15) is 0 Å². The van der Waals surface area contributed by atoms with Gasteiger partial charge in [-0.05, 0) is 33.6 Å². The van der Waals surface area contributed by atoms with Crippen LogP contribution in [0.3, 0.4) is 0 Å². The lowest BCUT2D eigenvalue weighted by molar-refractivity contribution is 0.214. The van der Waals surface area contributed by atoms with Gasteiger partial charge in [-0.25, -0.2) is 0 Å². The van der Waals surface area contributed by atoms with Gasteiger partial charge in [0, 0.05) is 25.7 Å². The molecule has 1 fully saturated rings. The third-order valence-electron chi connectivity index (χ3n) is 2.90. The van der Waals surface area contributed by atoms with E-state index in [1.165, 1.54) is 19.5 Å². The zero-order chi connectivity index (χ0) is 10.4. The van der Waals surface area contributed by atoms with E-state index < -0.39 is 0 Å². The predicted octanol–water partition coefficient (Wildman–Crippen LogP) is 0.398. The number of hydrogen-bond acceptors (Lipinski definition) is 3. The Morgan fingerprint density at radius 3 is 2.93 bits per heavy atom. The molecule has 0 bridgehead atoms. The van der Waals surface area contributed by atoms with Crippen molar-refractivity contribution in [3.63, 3.8) is 0 Å². The van der Waals surface area contributed by atoms with Crippen LogP contribution in [-0.2, 0) is 0 Å². The molecule has 14 heavy (non-hydrogen) atoms. The Bertz CT molecular complexity index is 170. The molecule has 0 aromatic rings. The van der Waals surface area contributed by atoms with E-state index >= 15 is 0 Å². The molecule has 3 nitrogen and oxygen atoms in total. The van der Waals surface area contributed by atoms with E-state index in [2.05, 4.69) is 28.7 Å². The Morgan fingerprint density at radius 1 is 1.50 bits per heavy atom. The highest BCUT2D eigenvalue weighted by atomic mass is 15.2. The van der Waals surface area contributed by atoms with Crippen LogP contribution in [0.1, 0.15) is 6.42 Å². The quantitative estimate of drug-likeness (QED) is 0.658. The molecule has 1 atom stereocenters. The van der Waals surface area contributed by atoms with Gasteiger partial charge in [0.05, 0.1) is 0 Å². The summed E-state index contributed by atoms with van der Waals surface area (Å²) < 4.78 is 0. The number of hydrogen-bond donors (Lipinski definition) is 1. The van der Waals surface area contributed by atoms with Gasteiger partial charge < -0.3 is 10.2 Å². The monoisotopic (exact) mass is 197 g/mol. The molecule has 1 aliphatic rings. The molecule has 1 saturated heterocycles. The van der Waals surface area contributed by atoms with Crippen LogP contribution in [0.15, 0.2) is 12.7 Å². The molecule has 0 aromatic heterocycles. The van der Waals surface area contributed by atoms with Crippen molar-refractivity contribution in [1.29, 1.82) is 0 Å². The van der Waals surface area contributed by atoms with E-state index in [9.17, 15) is 0 Å². The zero-order valence-corrected chi connectivity index (χ0v) is 9.50. The van der Waals surface area contributed by atoms with Crippen LogP contribution in [0.25, 0.3) is 0 Å². The average molecular weight is 197 g/mol. The van der Waals surface area contributed by atoms with Crippen molar-refractivity contribution >= 4 is 0 Å². The van der Waals surface area contributed by atoms with Crippen LogP contribution in [0.2, 0.25) is 0 Å². The topological polar surface area (TPSA) is 18.5 Å². The minimum Gasteiger partial charge on any atom is -0.318 e. The lowest BCUT2D eigenvalue weighted by Crippen LogP contribution is -2.44. The number of nitrogens with zero attached hydrogens (tertiary/aromatic N) is 2. The summed E-state index contributed by atoms with van der Waals surface area (Å²) in [6, 6.07) is 0.641. The lowest BCUT2D eigenvalue weighted by Gasteiger charge is -2.28. The van der Waals surface area contributed by atoms with Gasteiger partial charge in [-0.3, -0.25) is 4.90 Å². The maximum atomic E-state index is 3.80. The summed E-state index contributed by atoms with van der Waals surface area (Å²) in [5.74, 6) is 0. The Labute approximate surface area is 87.8 Å². The first-order valence-electron chi connectivity index (χ1n) is 5.46. The molecule has 0 aliphatic carbocycles. The lowest BCUT2D eigenvalue weighted by atomic mass is 10.2. The van der Waals surface area contributed by atoms with Crippen molar-refractivity contribution < 1.29 is 0 Å². The van der Waals surface area contributed by atoms with Gasteiger partial charge in [-0.2, -0.15) is 0 Å². The Kier molecular flexibility index (Phi) is 5.15. The van der Waals surface area contributed by atoms with Gasteiger partial charge >= 0.3 is 0 Å². The molecule has 0 saturated carbocycles. The van der Waals surface area contributed by atoms with Crippen molar-refractivity contribution in [1.82, 2.24) is 15.1 Å². The smallest absolute Gasteiger partial charge is 0.0344 e. The van der Waals surface area contributed by atoms with Gasteiger partial charge in [-0.1, -0.05) is 6.08 Å². The molecule has 1 heterocycles. The normalized spacial score (nSPS) is 26.0. The van der Waals surface area contributed by atoms with E-state index in [-0.39, 0.29) is 0 Å². The molecular weight excluding hydrogens is 174 g/mol. The molecule has 1 aliphatic heterocycles. The van der Waals surface area contributed by atoms with E-state index in [1.807, 2.05) is 13.1 Å². The van der Waals surface area contributed by atoms with Crippen LogP contribution in [0.5, 0.6) is 0 Å². The Hall–Kier alpha value is -0.380. The van der Waals surface area contributed by atoms with Crippen molar-refractivity contribution in [3.8, 4) is 0 Å². The predicted molar refractivity (Wildman–Crippen MR) is 61.6 cm³/mol. The second-order valence-corrected chi connectivity index (χ2v) is 4.09. The second-order valence-electron chi connectivity index (χ2n) is 4.09. The Morgan fingerprint density at radius 2 is 2.29 bits per heavy atom. The highest BCUT2D eigenvalue weighted by molar-refractivity contribution is 4.82. The minimum atomic E-state index is 0.641. The maximum absolute atomic E-state index is 3.80. The molecule has 0 amide bonds. The summed E-state index contributed by atoms with van der Waals surface area (Å²) in [5.41, 5.74) is 0. The van der Waals surface area contributed by atoms with E-state index in [0.717, 1.165) is 19.6 Å². The molecule has 0 radical (unpaired) electrons. The molecule has 1 unspecified atom stereocenters. The molecule has 82 valence electrons. The van der Waals surface area contributed by atoms with Crippen molar-refractivity contribution in [2.75, 3.05) is 46.8 Å². The first-order valence-corrected chi connectivity index (χ1v) is 5.46. The number of nitrogens with one attached hydrogen (secondary N) is 1. The average Bonchev–Trinajstić information content (AvgIpc) is 2.31. The summed E-state index contributed by atoms with van der Waals surface area (Å²) >= 11 is 0. The highest BCUT2D eigenvalue weighted by Gasteiger charge is 2.20. The summed E-state index contributed by atoms with van der Waals surface area (Å²) in [5, 5.41) is 3.26. The second kappa shape index (κ2) is 6.17. The van der Waals surface area contributed by atoms with Crippen molar-refractivity contribution in [2.24, 2.45) is 0 Å². The fraction of sp³-hybridized carbons (Fsp3) is 0.818. The molecule has 0 spiro atoms. The number of likely N-dealkylation sites (N-methyl/N-ethyl adjacent to an activating group) is 2. The SMILES string of the molecule is C=CCN1CCCN(C)C(CNC)C1. The van der Waals surface area contributed by atoms with Crippen LogP contribution in [-0.4, -0.2) is 62.7 Å².